The molecule has 1 aromatic carbocycles. The van der Waals surface area contributed by atoms with E-state index in [9.17, 15) is 24.5 Å². The summed E-state index contributed by atoms with van der Waals surface area (Å²) in [6.07, 6.45) is 2.01. The molecule has 11 heteroatoms. The average Bonchev–Trinajstić information content (AvgIpc) is 3.37. The number of fused-ring (bicyclic) bond motifs is 1. The van der Waals surface area contributed by atoms with E-state index in [1.807, 2.05) is 23.6 Å². The van der Waals surface area contributed by atoms with Crippen LogP contribution in [0.2, 0.25) is 0 Å². The summed E-state index contributed by atoms with van der Waals surface area (Å²) in [6.45, 7) is 0.249. The van der Waals surface area contributed by atoms with E-state index in [1.165, 1.54) is 29.5 Å². The van der Waals surface area contributed by atoms with Gasteiger partial charge in [0, 0.05) is 30.6 Å². The van der Waals surface area contributed by atoms with Crippen molar-refractivity contribution in [3.63, 3.8) is 0 Å². The highest BCUT2D eigenvalue weighted by molar-refractivity contribution is 7.13. The average molecular weight is 451 g/mol. The summed E-state index contributed by atoms with van der Waals surface area (Å²) in [4.78, 5) is 57.3. The van der Waals surface area contributed by atoms with E-state index in [0.29, 0.717) is 5.69 Å². The fourth-order valence-electron chi connectivity index (χ4n) is 3.34. The fraction of sp³-hybridized carbons (Fsp3) is 0.190. The fourth-order valence-corrected chi connectivity index (χ4v) is 4.14. The Morgan fingerprint density at radius 2 is 2.00 bits per heavy atom. The van der Waals surface area contributed by atoms with Crippen LogP contribution in [-0.2, 0) is 11.3 Å². The molecule has 3 aromatic rings. The van der Waals surface area contributed by atoms with Crippen molar-refractivity contribution in [2.24, 2.45) is 0 Å². The number of nitrogens with one attached hydrogen (secondary N) is 1. The van der Waals surface area contributed by atoms with E-state index in [2.05, 4.69) is 15.3 Å². The maximum atomic E-state index is 12.5. The SMILES string of the molecule is O=C(CCCN1C(=O)c2cccc([N+](=O)[O-])c2C1=O)NCc1csc(-c2ccccn2)n1. The molecule has 10 nitrogen and oxygen atoms in total. The Kier molecular flexibility index (Phi) is 5.99. The van der Waals surface area contributed by atoms with Crippen LogP contribution in [-0.4, -0.2) is 44.1 Å². The van der Waals surface area contributed by atoms with Crippen LogP contribution in [0.3, 0.4) is 0 Å². The molecular formula is C21H17N5O5S. The molecule has 0 unspecified atom stereocenters. The Bertz CT molecular complexity index is 1210. The van der Waals surface area contributed by atoms with Crippen molar-refractivity contribution in [2.45, 2.75) is 19.4 Å². The smallest absolute Gasteiger partial charge is 0.282 e. The molecule has 0 radical (unpaired) electrons. The Morgan fingerprint density at radius 1 is 1.16 bits per heavy atom. The van der Waals surface area contributed by atoms with Gasteiger partial charge in [0.05, 0.1) is 28.4 Å². The van der Waals surface area contributed by atoms with Crippen LogP contribution in [0.15, 0.2) is 48.0 Å². The second-order valence-electron chi connectivity index (χ2n) is 6.96. The van der Waals surface area contributed by atoms with Crippen molar-refractivity contribution in [3.8, 4) is 10.7 Å². The van der Waals surface area contributed by atoms with Gasteiger partial charge >= 0.3 is 0 Å². The number of pyridine rings is 1. The van der Waals surface area contributed by atoms with Crippen LogP contribution < -0.4 is 5.32 Å². The maximum absolute atomic E-state index is 12.5. The molecule has 0 saturated carbocycles. The molecule has 1 aliphatic heterocycles. The number of aromatic nitrogens is 2. The van der Waals surface area contributed by atoms with Gasteiger partial charge in [-0.05, 0) is 24.6 Å². The third kappa shape index (κ3) is 4.23. The number of rotatable bonds is 8. The lowest BCUT2D eigenvalue weighted by molar-refractivity contribution is -0.385. The number of nitro benzene ring substituents is 1. The molecule has 1 N–H and O–H groups in total. The monoisotopic (exact) mass is 451 g/mol. The van der Waals surface area contributed by atoms with Crippen molar-refractivity contribution in [1.82, 2.24) is 20.2 Å². The predicted molar refractivity (Wildman–Crippen MR) is 115 cm³/mol. The number of thiazole rings is 1. The third-order valence-electron chi connectivity index (χ3n) is 4.86. The van der Waals surface area contributed by atoms with Gasteiger partial charge in [0.15, 0.2) is 0 Å². The number of amides is 3. The van der Waals surface area contributed by atoms with Gasteiger partial charge in [0.25, 0.3) is 17.5 Å². The highest BCUT2D eigenvalue weighted by Crippen LogP contribution is 2.30. The molecule has 0 fully saturated rings. The van der Waals surface area contributed by atoms with Crippen LogP contribution in [0.25, 0.3) is 10.7 Å². The van der Waals surface area contributed by atoms with Gasteiger partial charge in [-0.15, -0.1) is 11.3 Å². The van der Waals surface area contributed by atoms with Gasteiger partial charge in [-0.2, -0.15) is 0 Å². The third-order valence-corrected chi connectivity index (χ3v) is 5.78. The standard InChI is InChI=1S/C21H17N5O5S/c27-17(23-11-13-12-32-19(24-13)15-6-1-2-9-22-15)8-4-10-25-20(28)14-5-3-7-16(26(30)31)18(14)21(25)29/h1-3,5-7,9,12H,4,8,10-11H2,(H,23,27). The first kappa shape index (κ1) is 21.2. The first-order valence-corrected chi connectivity index (χ1v) is 10.6. The Balaban J connectivity index is 1.28. The normalized spacial score (nSPS) is 12.7. The van der Waals surface area contributed by atoms with E-state index < -0.39 is 22.4 Å². The molecule has 0 atom stereocenters. The molecule has 0 spiro atoms. The molecule has 3 heterocycles. The number of imide groups is 1. The van der Waals surface area contributed by atoms with Gasteiger partial charge in [0.2, 0.25) is 5.91 Å². The molecule has 32 heavy (non-hydrogen) atoms. The number of nitrogens with zero attached hydrogens (tertiary/aromatic N) is 4. The summed E-state index contributed by atoms with van der Waals surface area (Å²) < 4.78 is 0. The van der Waals surface area contributed by atoms with E-state index in [1.54, 1.807) is 6.20 Å². The van der Waals surface area contributed by atoms with Crippen molar-refractivity contribution >= 4 is 34.7 Å². The summed E-state index contributed by atoms with van der Waals surface area (Å²) in [7, 11) is 0. The summed E-state index contributed by atoms with van der Waals surface area (Å²) in [5.41, 5.74) is 0.891. The van der Waals surface area contributed by atoms with Crippen molar-refractivity contribution in [2.75, 3.05) is 6.54 Å². The van der Waals surface area contributed by atoms with Crippen LogP contribution in [0.5, 0.6) is 0 Å². The van der Waals surface area contributed by atoms with Crippen LogP contribution in [0, 0.1) is 10.1 Å². The van der Waals surface area contributed by atoms with Crippen LogP contribution in [0.4, 0.5) is 5.69 Å². The minimum atomic E-state index is -0.706. The van der Waals surface area contributed by atoms with Crippen molar-refractivity contribution in [1.29, 1.82) is 0 Å². The van der Waals surface area contributed by atoms with E-state index >= 15 is 0 Å². The van der Waals surface area contributed by atoms with Gasteiger partial charge < -0.3 is 5.32 Å². The molecule has 162 valence electrons. The number of carbonyl (C=O) groups excluding carboxylic acids is 3. The maximum Gasteiger partial charge on any atom is 0.282 e. The molecule has 0 saturated heterocycles. The Morgan fingerprint density at radius 3 is 2.75 bits per heavy atom. The number of benzene rings is 1. The number of nitro groups is 1. The highest BCUT2D eigenvalue weighted by Gasteiger charge is 2.40. The molecule has 1 aliphatic rings. The zero-order valence-electron chi connectivity index (χ0n) is 16.7. The lowest BCUT2D eigenvalue weighted by Crippen LogP contribution is -2.32. The number of hydrogen-bond donors (Lipinski definition) is 1. The number of carbonyl (C=O) groups is 3. The van der Waals surface area contributed by atoms with Gasteiger partial charge in [-0.25, -0.2) is 4.98 Å². The summed E-state index contributed by atoms with van der Waals surface area (Å²) in [5.74, 6) is -1.54. The Hall–Kier alpha value is -3.99. The lowest BCUT2D eigenvalue weighted by atomic mass is 10.1. The quantitative estimate of drug-likeness (QED) is 0.316. The summed E-state index contributed by atoms with van der Waals surface area (Å²) in [6, 6.07) is 9.51. The molecular weight excluding hydrogens is 434 g/mol. The minimum Gasteiger partial charge on any atom is -0.350 e. The van der Waals surface area contributed by atoms with Crippen molar-refractivity contribution in [3.05, 3.63) is 74.9 Å². The topological polar surface area (TPSA) is 135 Å². The van der Waals surface area contributed by atoms with Crippen molar-refractivity contribution < 1.29 is 19.3 Å². The van der Waals surface area contributed by atoms with Gasteiger partial charge in [0.1, 0.15) is 10.6 Å². The van der Waals surface area contributed by atoms with Crippen LogP contribution in [0.1, 0.15) is 39.3 Å². The second kappa shape index (κ2) is 9.02. The first-order chi connectivity index (χ1) is 15.5. The minimum absolute atomic E-state index is 0.00253. The second-order valence-corrected chi connectivity index (χ2v) is 7.82. The zero-order chi connectivity index (χ0) is 22.7. The highest BCUT2D eigenvalue weighted by atomic mass is 32.1. The molecule has 3 amide bonds. The summed E-state index contributed by atoms with van der Waals surface area (Å²) >= 11 is 1.43. The number of hydrogen-bond acceptors (Lipinski definition) is 8. The lowest BCUT2D eigenvalue weighted by Gasteiger charge is -2.13. The molecule has 4 rings (SSSR count). The molecule has 0 bridgehead atoms. The van der Waals surface area contributed by atoms with E-state index in [-0.39, 0.29) is 43.0 Å². The zero-order valence-corrected chi connectivity index (χ0v) is 17.5. The summed E-state index contributed by atoms with van der Waals surface area (Å²) in [5, 5.41) is 16.5. The molecule has 2 aromatic heterocycles. The predicted octanol–water partition coefficient (Wildman–Crippen LogP) is 2.81. The van der Waals surface area contributed by atoms with E-state index in [0.717, 1.165) is 15.6 Å². The Labute approximate surface area is 186 Å². The largest absolute Gasteiger partial charge is 0.350 e. The van der Waals surface area contributed by atoms with Crippen LogP contribution >= 0.6 is 11.3 Å². The molecule has 0 aliphatic carbocycles. The first-order valence-electron chi connectivity index (χ1n) is 9.72. The van der Waals surface area contributed by atoms with Gasteiger partial charge in [-0.1, -0.05) is 12.1 Å². The van der Waals surface area contributed by atoms with Gasteiger partial charge in [-0.3, -0.25) is 34.4 Å². The van der Waals surface area contributed by atoms with E-state index in [4.69, 9.17) is 0 Å².